The van der Waals surface area contributed by atoms with Gasteiger partial charge in [0, 0.05) is 35.2 Å². The molecule has 2 aliphatic heterocycles. The Labute approximate surface area is 217 Å². The van der Waals surface area contributed by atoms with Crippen LogP contribution in [0.3, 0.4) is 0 Å². The number of rotatable bonds is 6. The quantitative estimate of drug-likeness (QED) is 0.309. The number of fused-ring (bicyclic) bond motifs is 3. The Morgan fingerprint density at radius 1 is 1.08 bits per heavy atom. The first-order valence-electron chi connectivity index (χ1n) is 13.3. The first kappa shape index (κ1) is 23.7. The lowest BCUT2D eigenvalue weighted by Gasteiger charge is -2.31. The monoisotopic (exact) mass is 495 g/mol. The summed E-state index contributed by atoms with van der Waals surface area (Å²) in [6, 6.07) is 16.6. The van der Waals surface area contributed by atoms with E-state index in [0.29, 0.717) is 12.5 Å². The smallest absolute Gasteiger partial charge is 0.170 e. The molecule has 0 spiro atoms. The summed E-state index contributed by atoms with van der Waals surface area (Å²) in [6.45, 7) is 5.79. The molecule has 1 saturated heterocycles. The largest absolute Gasteiger partial charge is 0.497 e. The first-order chi connectivity index (χ1) is 18.2. The van der Waals surface area contributed by atoms with E-state index in [1.54, 1.807) is 7.11 Å². The predicted octanol–water partition coefficient (Wildman–Crippen LogP) is 6.39. The molecule has 0 aliphatic carbocycles. The normalized spacial score (nSPS) is 17.3. The zero-order chi connectivity index (χ0) is 25.2. The average molecular weight is 496 g/mol. The lowest BCUT2D eigenvalue weighted by Crippen LogP contribution is -2.33. The first-order valence-corrected chi connectivity index (χ1v) is 13.3. The fourth-order valence-corrected chi connectivity index (χ4v) is 5.71. The molecule has 2 aliphatic rings. The summed E-state index contributed by atoms with van der Waals surface area (Å²) in [5.74, 6) is 2.16. The highest BCUT2D eigenvalue weighted by atomic mass is 16.5. The van der Waals surface area contributed by atoms with E-state index >= 15 is 0 Å². The Balaban J connectivity index is 1.16. The molecule has 0 bridgehead atoms. The molecule has 0 radical (unpaired) electrons. The average Bonchev–Trinajstić information content (AvgIpc) is 3.32. The number of aromatic nitrogens is 2. The van der Waals surface area contributed by atoms with Crippen molar-refractivity contribution in [2.75, 3.05) is 26.7 Å². The van der Waals surface area contributed by atoms with Gasteiger partial charge in [-0.15, -0.1) is 0 Å². The predicted molar refractivity (Wildman–Crippen MR) is 145 cm³/mol. The third-order valence-electron chi connectivity index (χ3n) is 7.78. The third kappa shape index (κ3) is 4.62. The van der Waals surface area contributed by atoms with E-state index in [-0.39, 0.29) is 0 Å². The summed E-state index contributed by atoms with van der Waals surface area (Å²) in [5, 5.41) is 5.70. The van der Waals surface area contributed by atoms with Gasteiger partial charge in [0.2, 0.25) is 0 Å². The van der Waals surface area contributed by atoms with E-state index in [4.69, 9.17) is 14.0 Å². The maximum atomic E-state index is 6.11. The fraction of sp³-hybridized carbons (Fsp3) is 0.355. The Bertz CT molecular complexity index is 1430. The van der Waals surface area contributed by atoms with Crippen molar-refractivity contribution in [1.82, 2.24) is 15.0 Å². The van der Waals surface area contributed by atoms with Crippen molar-refractivity contribution in [2.24, 2.45) is 0 Å². The highest BCUT2D eigenvalue weighted by Crippen LogP contribution is 2.39. The number of para-hydroxylation sites is 1. The van der Waals surface area contributed by atoms with Crippen LogP contribution >= 0.6 is 0 Å². The van der Waals surface area contributed by atoms with Gasteiger partial charge in [-0.3, -0.25) is 4.98 Å². The summed E-state index contributed by atoms with van der Waals surface area (Å²) in [7, 11) is 1.70. The number of hydrogen-bond donors (Lipinski definition) is 0. The van der Waals surface area contributed by atoms with Crippen LogP contribution in [0.1, 0.15) is 60.2 Å². The number of methoxy groups -OCH3 is 1. The lowest BCUT2D eigenvalue weighted by atomic mass is 9.91. The number of aryl methyl sites for hydroxylation is 1. The van der Waals surface area contributed by atoms with Crippen LogP contribution in [-0.2, 0) is 13.0 Å². The molecule has 2 aromatic heterocycles. The van der Waals surface area contributed by atoms with E-state index in [9.17, 15) is 0 Å². The summed E-state index contributed by atoms with van der Waals surface area (Å²) in [5.41, 5.74) is 7.68. The summed E-state index contributed by atoms with van der Waals surface area (Å²) >= 11 is 0. The SMILES string of the molecule is CCc1cccc2c(C3CCN(CC/C=C4/c5cc(OC)ccc5OCc5ncccc54)CC3)noc12. The molecule has 0 unspecified atom stereocenters. The van der Waals surface area contributed by atoms with Gasteiger partial charge in [-0.25, -0.2) is 0 Å². The number of pyridine rings is 1. The molecule has 4 heterocycles. The maximum absolute atomic E-state index is 6.11. The summed E-state index contributed by atoms with van der Waals surface area (Å²) in [4.78, 5) is 7.16. The minimum Gasteiger partial charge on any atom is -0.497 e. The van der Waals surface area contributed by atoms with Gasteiger partial charge in [-0.05, 0) is 80.2 Å². The number of ether oxygens (including phenoxy) is 2. The van der Waals surface area contributed by atoms with Crippen molar-refractivity contribution < 1.29 is 14.0 Å². The van der Waals surface area contributed by atoms with Crippen LogP contribution in [0.25, 0.3) is 16.5 Å². The molecule has 2 aromatic carbocycles. The van der Waals surface area contributed by atoms with E-state index in [2.05, 4.69) is 58.4 Å². The minimum atomic E-state index is 0.458. The molecule has 0 saturated carbocycles. The van der Waals surface area contributed by atoms with Crippen LogP contribution in [0, 0.1) is 0 Å². The fourth-order valence-electron chi connectivity index (χ4n) is 5.71. The lowest BCUT2D eigenvalue weighted by molar-refractivity contribution is 0.213. The second-order valence-electron chi connectivity index (χ2n) is 9.89. The van der Waals surface area contributed by atoms with Gasteiger partial charge >= 0.3 is 0 Å². The number of benzene rings is 2. The van der Waals surface area contributed by atoms with Crippen molar-refractivity contribution >= 4 is 16.5 Å². The van der Waals surface area contributed by atoms with Crippen molar-refractivity contribution in [3.05, 3.63) is 88.9 Å². The molecule has 0 N–H and O–H groups in total. The molecule has 6 nitrogen and oxygen atoms in total. The molecular formula is C31H33N3O3. The molecule has 190 valence electrons. The molecule has 1 fully saturated rings. The summed E-state index contributed by atoms with van der Waals surface area (Å²) < 4.78 is 17.4. The Morgan fingerprint density at radius 2 is 1.97 bits per heavy atom. The van der Waals surface area contributed by atoms with E-state index in [1.807, 2.05) is 24.4 Å². The molecule has 6 heteroatoms. The molecule has 37 heavy (non-hydrogen) atoms. The number of likely N-dealkylation sites (tertiary alicyclic amines) is 1. The van der Waals surface area contributed by atoms with Crippen molar-refractivity contribution in [3.8, 4) is 11.5 Å². The number of nitrogens with zero attached hydrogens (tertiary/aromatic N) is 3. The second kappa shape index (κ2) is 10.4. The second-order valence-corrected chi connectivity index (χ2v) is 9.89. The zero-order valence-corrected chi connectivity index (χ0v) is 21.6. The van der Waals surface area contributed by atoms with Crippen LogP contribution in [0.2, 0.25) is 0 Å². The number of hydrogen-bond acceptors (Lipinski definition) is 6. The van der Waals surface area contributed by atoms with Gasteiger partial charge in [0.25, 0.3) is 0 Å². The summed E-state index contributed by atoms with van der Waals surface area (Å²) in [6.07, 6.45) is 8.31. The van der Waals surface area contributed by atoms with Crippen LogP contribution in [0.15, 0.2) is 65.3 Å². The van der Waals surface area contributed by atoms with E-state index in [1.165, 1.54) is 16.5 Å². The van der Waals surface area contributed by atoms with Gasteiger partial charge in [-0.2, -0.15) is 0 Å². The van der Waals surface area contributed by atoms with Gasteiger partial charge in [0.1, 0.15) is 18.1 Å². The van der Waals surface area contributed by atoms with Gasteiger partial charge in [0.15, 0.2) is 5.58 Å². The Morgan fingerprint density at radius 3 is 2.81 bits per heavy atom. The highest BCUT2D eigenvalue weighted by molar-refractivity contribution is 5.85. The van der Waals surface area contributed by atoms with Gasteiger partial charge in [0.05, 0.1) is 18.5 Å². The van der Waals surface area contributed by atoms with Gasteiger partial charge in [-0.1, -0.05) is 36.4 Å². The Kier molecular flexibility index (Phi) is 6.66. The topological polar surface area (TPSA) is 60.6 Å². The van der Waals surface area contributed by atoms with Crippen LogP contribution in [0.5, 0.6) is 11.5 Å². The molecule has 4 aromatic rings. The highest BCUT2D eigenvalue weighted by Gasteiger charge is 2.26. The molecule has 0 atom stereocenters. The molecule has 0 amide bonds. The van der Waals surface area contributed by atoms with Crippen molar-refractivity contribution in [1.29, 1.82) is 0 Å². The van der Waals surface area contributed by atoms with E-state index < -0.39 is 0 Å². The van der Waals surface area contributed by atoms with Crippen molar-refractivity contribution in [3.63, 3.8) is 0 Å². The molecule has 6 rings (SSSR count). The van der Waals surface area contributed by atoms with E-state index in [0.717, 1.165) is 84.9 Å². The third-order valence-corrected chi connectivity index (χ3v) is 7.78. The standard InChI is InChI=1S/C31H33N3O3/c1-3-21-7-4-8-26-30(33-37-31(21)26)22-13-17-34(18-14-22)16-6-10-24-25-9-5-15-32-28(25)20-36-29-12-11-23(35-2)19-27(24)29/h4-5,7-12,15,19,22H,3,6,13-14,16-18,20H2,1-2H3/b24-10+. The van der Waals surface area contributed by atoms with Crippen LogP contribution < -0.4 is 9.47 Å². The minimum absolute atomic E-state index is 0.458. The molecular weight excluding hydrogens is 462 g/mol. The van der Waals surface area contributed by atoms with Crippen molar-refractivity contribution in [2.45, 2.75) is 45.1 Å². The van der Waals surface area contributed by atoms with Gasteiger partial charge < -0.3 is 18.9 Å². The van der Waals surface area contributed by atoms with Crippen LogP contribution in [-0.4, -0.2) is 41.8 Å². The number of piperidine rings is 1. The van der Waals surface area contributed by atoms with Crippen LogP contribution in [0.4, 0.5) is 0 Å². The zero-order valence-electron chi connectivity index (χ0n) is 21.6. The maximum Gasteiger partial charge on any atom is 0.170 e. The Hall–Kier alpha value is -3.64.